The normalized spacial score (nSPS) is 16.9. The summed E-state index contributed by atoms with van der Waals surface area (Å²) >= 11 is 5.96. The number of alkyl halides is 1. The third-order valence-corrected chi connectivity index (χ3v) is 2.48. The average molecular weight is 227 g/mol. The maximum absolute atomic E-state index is 5.96. The lowest BCUT2D eigenvalue weighted by Gasteiger charge is -2.09. The van der Waals surface area contributed by atoms with Crippen molar-refractivity contribution in [2.24, 2.45) is 0 Å². The molecule has 1 aliphatic rings. The zero-order valence-electron chi connectivity index (χ0n) is 8.83. The molecule has 0 saturated heterocycles. The van der Waals surface area contributed by atoms with Gasteiger partial charge in [0.05, 0.1) is 13.2 Å². The largest absolute Gasteiger partial charge is 0.490 e. The number of fused-ring (bicyclic) bond motifs is 1. The van der Waals surface area contributed by atoms with E-state index < -0.39 is 0 Å². The first-order valence-corrected chi connectivity index (χ1v) is 5.72. The fraction of sp³-hybridized carbons (Fsp3) is 0.500. The Balaban J connectivity index is 2.20. The lowest BCUT2D eigenvalue weighted by molar-refractivity contribution is 0.297. The molecule has 1 unspecified atom stereocenters. The van der Waals surface area contributed by atoms with Gasteiger partial charge < -0.3 is 9.47 Å². The van der Waals surface area contributed by atoms with Crippen LogP contribution in [-0.4, -0.2) is 18.6 Å². The third kappa shape index (κ3) is 2.78. The molecule has 1 aromatic rings. The van der Waals surface area contributed by atoms with Gasteiger partial charge in [0.2, 0.25) is 0 Å². The highest BCUT2D eigenvalue weighted by Crippen LogP contribution is 2.30. The summed E-state index contributed by atoms with van der Waals surface area (Å²) in [4.78, 5) is 0. The van der Waals surface area contributed by atoms with Crippen molar-refractivity contribution in [1.29, 1.82) is 0 Å². The molecule has 15 heavy (non-hydrogen) atoms. The molecule has 3 heteroatoms. The minimum absolute atomic E-state index is 0.148. The Kier molecular flexibility index (Phi) is 3.37. The standard InChI is InChI=1S/C12H15ClO2/c1-9(13)7-10-3-4-11-12(8-10)15-6-2-5-14-11/h3-4,8-9H,2,5-7H2,1H3. The van der Waals surface area contributed by atoms with Gasteiger partial charge in [-0.2, -0.15) is 0 Å². The predicted octanol–water partition coefficient (Wildman–Crippen LogP) is 3.02. The van der Waals surface area contributed by atoms with Crippen molar-refractivity contribution in [3.63, 3.8) is 0 Å². The number of ether oxygens (including phenoxy) is 2. The third-order valence-electron chi connectivity index (χ3n) is 2.33. The van der Waals surface area contributed by atoms with Gasteiger partial charge in [0.25, 0.3) is 0 Å². The van der Waals surface area contributed by atoms with E-state index in [0.717, 1.165) is 37.6 Å². The van der Waals surface area contributed by atoms with Crippen molar-refractivity contribution in [2.75, 3.05) is 13.2 Å². The molecule has 1 heterocycles. The van der Waals surface area contributed by atoms with Gasteiger partial charge in [-0.1, -0.05) is 6.07 Å². The fourth-order valence-electron chi connectivity index (χ4n) is 1.66. The van der Waals surface area contributed by atoms with Crippen LogP contribution in [0.5, 0.6) is 11.5 Å². The molecule has 0 fully saturated rings. The number of rotatable bonds is 2. The summed E-state index contributed by atoms with van der Waals surface area (Å²) in [7, 11) is 0. The van der Waals surface area contributed by atoms with Crippen molar-refractivity contribution >= 4 is 11.6 Å². The molecule has 1 aliphatic heterocycles. The summed E-state index contributed by atoms with van der Waals surface area (Å²) < 4.78 is 11.2. The highest BCUT2D eigenvalue weighted by molar-refractivity contribution is 6.20. The van der Waals surface area contributed by atoms with Crippen molar-refractivity contribution in [1.82, 2.24) is 0 Å². The summed E-state index contributed by atoms with van der Waals surface area (Å²) in [6, 6.07) is 6.04. The maximum atomic E-state index is 5.96. The highest BCUT2D eigenvalue weighted by atomic mass is 35.5. The molecule has 0 amide bonds. The van der Waals surface area contributed by atoms with E-state index in [1.165, 1.54) is 5.56 Å². The second-order valence-corrected chi connectivity index (χ2v) is 4.56. The smallest absolute Gasteiger partial charge is 0.161 e. The second-order valence-electron chi connectivity index (χ2n) is 3.82. The monoisotopic (exact) mass is 226 g/mol. The molecular formula is C12H15ClO2. The van der Waals surface area contributed by atoms with Gasteiger partial charge in [0.1, 0.15) is 0 Å². The van der Waals surface area contributed by atoms with E-state index in [1.54, 1.807) is 0 Å². The minimum Gasteiger partial charge on any atom is -0.490 e. The Labute approximate surface area is 95.1 Å². The Morgan fingerprint density at radius 2 is 2.00 bits per heavy atom. The molecular weight excluding hydrogens is 212 g/mol. The van der Waals surface area contributed by atoms with E-state index in [9.17, 15) is 0 Å². The summed E-state index contributed by atoms with van der Waals surface area (Å²) in [5.41, 5.74) is 1.20. The van der Waals surface area contributed by atoms with Crippen LogP contribution in [-0.2, 0) is 6.42 Å². The Morgan fingerprint density at radius 3 is 2.73 bits per heavy atom. The first-order chi connectivity index (χ1) is 7.25. The summed E-state index contributed by atoms with van der Waals surface area (Å²) in [6.07, 6.45) is 1.80. The van der Waals surface area contributed by atoms with Crippen LogP contribution in [0.25, 0.3) is 0 Å². The summed E-state index contributed by atoms with van der Waals surface area (Å²) in [5, 5.41) is 0.148. The first kappa shape index (κ1) is 10.6. The molecule has 0 radical (unpaired) electrons. The molecule has 82 valence electrons. The zero-order valence-corrected chi connectivity index (χ0v) is 9.59. The van der Waals surface area contributed by atoms with Crippen molar-refractivity contribution < 1.29 is 9.47 Å². The number of hydrogen-bond donors (Lipinski definition) is 0. The van der Waals surface area contributed by atoms with Crippen LogP contribution >= 0.6 is 11.6 Å². The van der Waals surface area contributed by atoms with Crippen molar-refractivity contribution in [2.45, 2.75) is 25.1 Å². The molecule has 0 aromatic heterocycles. The van der Waals surface area contributed by atoms with Crippen molar-refractivity contribution in [3.05, 3.63) is 23.8 Å². The van der Waals surface area contributed by atoms with Crippen LogP contribution in [0.15, 0.2) is 18.2 Å². The molecule has 0 N–H and O–H groups in total. The van der Waals surface area contributed by atoms with Gasteiger partial charge in [-0.25, -0.2) is 0 Å². The zero-order chi connectivity index (χ0) is 10.7. The van der Waals surface area contributed by atoms with E-state index in [0.29, 0.717) is 0 Å². The summed E-state index contributed by atoms with van der Waals surface area (Å²) in [5.74, 6) is 1.70. The highest BCUT2D eigenvalue weighted by Gasteiger charge is 2.11. The molecule has 0 saturated carbocycles. The predicted molar refractivity (Wildman–Crippen MR) is 61.1 cm³/mol. The van der Waals surface area contributed by atoms with Crippen LogP contribution in [0.3, 0.4) is 0 Å². The quantitative estimate of drug-likeness (QED) is 0.722. The molecule has 0 bridgehead atoms. The van der Waals surface area contributed by atoms with Crippen LogP contribution in [0.4, 0.5) is 0 Å². The second kappa shape index (κ2) is 4.75. The van der Waals surface area contributed by atoms with Crippen LogP contribution in [0.2, 0.25) is 0 Å². The average Bonchev–Trinajstić information content (AvgIpc) is 2.41. The van der Waals surface area contributed by atoms with E-state index in [4.69, 9.17) is 21.1 Å². The minimum atomic E-state index is 0.148. The van der Waals surface area contributed by atoms with Crippen LogP contribution in [0, 0.1) is 0 Å². The van der Waals surface area contributed by atoms with Crippen molar-refractivity contribution in [3.8, 4) is 11.5 Å². The molecule has 1 aromatic carbocycles. The van der Waals surface area contributed by atoms with E-state index >= 15 is 0 Å². The van der Waals surface area contributed by atoms with Gasteiger partial charge in [-0.15, -0.1) is 11.6 Å². The van der Waals surface area contributed by atoms with Gasteiger partial charge >= 0.3 is 0 Å². The number of hydrogen-bond acceptors (Lipinski definition) is 2. The van der Waals surface area contributed by atoms with Crippen LogP contribution in [0.1, 0.15) is 18.9 Å². The lowest BCUT2D eigenvalue weighted by Crippen LogP contribution is -1.98. The molecule has 0 spiro atoms. The fourth-order valence-corrected chi connectivity index (χ4v) is 1.84. The van der Waals surface area contributed by atoms with Gasteiger partial charge in [0.15, 0.2) is 11.5 Å². The van der Waals surface area contributed by atoms with Crippen LogP contribution < -0.4 is 9.47 Å². The Bertz CT molecular complexity index is 336. The van der Waals surface area contributed by atoms with Gasteiger partial charge in [-0.05, 0) is 31.0 Å². The first-order valence-electron chi connectivity index (χ1n) is 5.28. The van der Waals surface area contributed by atoms with Gasteiger partial charge in [-0.3, -0.25) is 0 Å². The molecule has 1 atom stereocenters. The van der Waals surface area contributed by atoms with E-state index in [2.05, 4.69) is 0 Å². The van der Waals surface area contributed by atoms with E-state index in [-0.39, 0.29) is 5.38 Å². The Hall–Kier alpha value is -0.890. The number of halogens is 1. The SMILES string of the molecule is CC(Cl)Cc1ccc2c(c1)OCCCO2. The maximum Gasteiger partial charge on any atom is 0.161 e. The molecule has 2 nitrogen and oxygen atoms in total. The molecule has 0 aliphatic carbocycles. The van der Waals surface area contributed by atoms with Gasteiger partial charge in [0, 0.05) is 11.8 Å². The number of benzene rings is 1. The lowest BCUT2D eigenvalue weighted by atomic mass is 10.1. The molecule has 2 rings (SSSR count). The topological polar surface area (TPSA) is 18.5 Å². The summed E-state index contributed by atoms with van der Waals surface area (Å²) in [6.45, 7) is 3.45. The Morgan fingerprint density at radius 1 is 1.27 bits per heavy atom. The van der Waals surface area contributed by atoms with E-state index in [1.807, 2.05) is 25.1 Å².